The molecule has 2 heterocycles. The zero-order valence-corrected chi connectivity index (χ0v) is 15.4. The molecule has 3 aromatic rings. The van der Waals surface area contributed by atoms with Gasteiger partial charge in [0, 0.05) is 56.1 Å². The molecule has 1 aliphatic rings. The summed E-state index contributed by atoms with van der Waals surface area (Å²) in [6.45, 7) is 4.78. The number of hydrogen-bond acceptors (Lipinski definition) is 5. The van der Waals surface area contributed by atoms with Crippen molar-refractivity contribution in [3.05, 3.63) is 66.9 Å². The van der Waals surface area contributed by atoms with E-state index in [4.69, 9.17) is 4.74 Å². The van der Waals surface area contributed by atoms with Gasteiger partial charge < -0.3 is 14.7 Å². The lowest BCUT2D eigenvalue weighted by molar-refractivity contribution is 0.0663. The monoisotopic (exact) mass is 363 g/mol. The van der Waals surface area contributed by atoms with Crippen molar-refractivity contribution in [2.24, 2.45) is 0 Å². The van der Waals surface area contributed by atoms with Gasteiger partial charge in [0.1, 0.15) is 18.5 Å². The summed E-state index contributed by atoms with van der Waals surface area (Å²) in [6.07, 6.45) is 1.27. The molecule has 0 aliphatic carbocycles. The molecule has 1 unspecified atom stereocenters. The summed E-state index contributed by atoms with van der Waals surface area (Å²) in [6, 6.07) is 20.3. The second kappa shape index (κ2) is 8.37. The molecule has 4 rings (SSSR count). The molecule has 27 heavy (non-hydrogen) atoms. The largest absolute Gasteiger partial charge is 0.491 e. The van der Waals surface area contributed by atoms with E-state index in [9.17, 15) is 5.11 Å². The average molecular weight is 363 g/mol. The minimum Gasteiger partial charge on any atom is -0.491 e. The summed E-state index contributed by atoms with van der Waals surface area (Å²) >= 11 is 0. The predicted octanol–water partition coefficient (Wildman–Crippen LogP) is 2.80. The van der Waals surface area contributed by atoms with Crippen LogP contribution in [0.25, 0.3) is 10.9 Å². The van der Waals surface area contributed by atoms with E-state index in [-0.39, 0.29) is 6.61 Å². The summed E-state index contributed by atoms with van der Waals surface area (Å²) in [5.41, 5.74) is 2.17. The van der Waals surface area contributed by atoms with E-state index in [2.05, 4.69) is 39.0 Å². The first-order chi connectivity index (χ1) is 13.3. The molecule has 0 saturated carbocycles. The number of β-amino-alcohol motifs (C(OH)–C–C–N with tert-alkyl or cyclic N) is 1. The molecule has 0 amide bonds. The molecule has 1 saturated heterocycles. The summed E-state index contributed by atoms with van der Waals surface area (Å²) in [4.78, 5) is 9.03. The molecule has 1 N–H and O–H groups in total. The second-order valence-electron chi connectivity index (χ2n) is 6.95. The Morgan fingerprint density at radius 3 is 2.59 bits per heavy atom. The minimum absolute atomic E-state index is 0.289. The normalized spacial score (nSPS) is 16.4. The summed E-state index contributed by atoms with van der Waals surface area (Å²) < 4.78 is 5.78. The van der Waals surface area contributed by atoms with Crippen molar-refractivity contribution in [1.82, 2.24) is 9.88 Å². The Hall–Kier alpha value is -2.63. The molecule has 140 valence electrons. The SMILES string of the molecule is OC(COc1ccc2cccnc2c1)CN1CCN(c2ccccc2)CC1. The summed E-state index contributed by atoms with van der Waals surface area (Å²) in [5.74, 6) is 0.745. The summed E-state index contributed by atoms with van der Waals surface area (Å²) in [7, 11) is 0. The van der Waals surface area contributed by atoms with Crippen molar-refractivity contribution in [1.29, 1.82) is 0 Å². The van der Waals surface area contributed by atoms with Crippen LogP contribution in [-0.4, -0.2) is 60.4 Å². The van der Waals surface area contributed by atoms with Gasteiger partial charge in [-0.15, -0.1) is 0 Å². The van der Waals surface area contributed by atoms with E-state index < -0.39 is 6.10 Å². The number of para-hydroxylation sites is 1. The molecule has 1 fully saturated rings. The highest BCUT2D eigenvalue weighted by Crippen LogP contribution is 2.19. The molecule has 5 heteroatoms. The maximum atomic E-state index is 10.4. The fourth-order valence-corrected chi connectivity index (χ4v) is 3.51. The number of nitrogens with zero attached hydrogens (tertiary/aromatic N) is 3. The Kier molecular flexibility index (Phi) is 5.51. The number of pyridine rings is 1. The Balaban J connectivity index is 1.24. The van der Waals surface area contributed by atoms with Gasteiger partial charge in [-0.25, -0.2) is 0 Å². The zero-order valence-electron chi connectivity index (χ0n) is 15.4. The first-order valence-corrected chi connectivity index (χ1v) is 9.46. The van der Waals surface area contributed by atoms with Crippen molar-refractivity contribution < 1.29 is 9.84 Å². The number of piperazine rings is 1. The minimum atomic E-state index is -0.507. The molecular weight excluding hydrogens is 338 g/mol. The van der Waals surface area contributed by atoms with Crippen LogP contribution in [0.4, 0.5) is 5.69 Å². The van der Waals surface area contributed by atoms with Crippen LogP contribution in [0.1, 0.15) is 0 Å². The van der Waals surface area contributed by atoms with E-state index in [1.54, 1.807) is 6.20 Å². The van der Waals surface area contributed by atoms with E-state index in [1.807, 2.05) is 36.4 Å². The third-order valence-corrected chi connectivity index (χ3v) is 4.98. The number of aromatic nitrogens is 1. The smallest absolute Gasteiger partial charge is 0.121 e. The third kappa shape index (κ3) is 4.56. The number of rotatable bonds is 6. The Morgan fingerprint density at radius 1 is 0.963 bits per heavy atom. The van der Waals surface area contributed by atoms with Gasteiger partial charge in [-0.3, -0.25) is 9.88 Å². The molecule has 0 radical (unpaired) electrons. The third-order valence-electron chi connectivity index (χ3n) is 4.98. The average Bonchev–Trinajstić information content (AvgIpc) is 2.73. The van der Waals surface area contributed by atoms with Crippen LogP contribution >= 0.6 is 0 Å². The molecule has 5 nitrogen and oxygen atoms in total. The maximum Gasteiger partial charge on any atom is 0.121 e. The highest BCUT2D eigenvalue weighted by Gasteiger charge is 2.19. The Bertz CT molecular complexity index is 864. The van der Waals surface area contributed by atoms with Gasteiger partial charge in [0.2, 0.25) is 0 Å². The first-order valence-electron chi connectivity index (χ1n) is 9.46. The van der Waals surface area contributed by atoms with Gasteiger partial charge in [0.25, 0.3) is 0 Å². The number of aliphatic hydroxyl groups excluding tert-OH is 1. The molecule has 1 aromatic heterocycles. The second-order valence-corrected chi connectivity index (χ2v) is 6.95. The zero-order chi connectivity index (χ0) is 18.5. The molecule has 0 bridgehead atoms. The van der Waals surface area contributed by atoms with E-state index in [0.717, 1.165) is 42.8 Å². The Morgan fingerprint density at radius 2 is 1.78 bits per heavy atom. The lowest BCUT2D eigenvalue weighted by Crippen LogP contribution is -2.49. The van der Waals surface area contributed by atoms with Crippen LogP contribution in [0.3, 0.4) is 0 Å². The molecule has 1 aliphatic heterocycles. The van der Waals surface area contributed by atoms with Crippen LogP contribution in [0.5, 0.6) is 5.75 Å². The van der Waals surface area contributed by atoms with Crippen molar-refractivity contribution in [2.75, 3.05) is 44.2 Å². The first kappa shape index (κ1) is 17.8. The molecule has 2 aromatic carbocycles. The molecule has 0 spiro atoms. The van der Waals surface area contributed by atoms with Crippen molar-refractivity contribution in [3.8, 4) is 5.75 Å². The molecule has 1 atom stereocenters. The number of anilines is 1. The number of ether oxygens (including phenoxy) is 1. The lowest BCUT2D eigenvalue weighted by atomic mass is 10.2. The van der Waals surface area contributed by atoms with E-state index >= 15 is 0 Å². The van der Waals surface area contributed by atoms with Gasteiger partial charge in [0.15, 0.2) is 0 Å². The van der Waals surface area contributed by atoms with Crippen LogP contribution in [0.15, 0.2) is 66.9 Å². The molecular formula is C22H25N3O2. The van der Waals surface area contributed by atoms with E-state index in [1.165, 1.54) is 5.69 Å². The number of hydrogen-bond donors (Lipinski definition) is 1. The van der Waals surface area contributed by atoms with E-state index in [0.29, 0.717) is 6.54 Å². The topological polar surface area (TPSA) is 48.8 Å². The van der Waals surface area contributed by atoms with Gasteiger partial charge in [-0.05, 0) is 30.3 Å². The predicted molar refractivity (Wildman–Crippen MR) is 108 cm³/mol. The van der Waals surface area contributed by atoms with Crippen LogP contribution in [0, 0.1) is 0 Å². The lowest BCUT2D eigenvalue weighted by Gasteiger charge is -2.36. The standard InChI is InChI=1S/C22H25N3O2/c26-20(17-27-21-9-8-18-5-4-10-23-22(18)15-21)16-24-11-13-25(14-12-24)19-6-2-1-3-7-19/h1-10,15,20,26H,11-14,16-17H2. The number of benzene rings is 2. The number of fused-ring (bicyclic) bond motifs is 1. The fraction of sp³-hybridized carbons (Fsp3) is 0.318. The highest BCUT2D eigenvalue weighted by molar-refractivity contribution is 5.79. The van der Waals surface area contributed by atoms with Gasteiger partial charge in [-0.1, -0.05) is 24.3 Å². The van der Waals surface area contributed by atoms with Gasteiger partial charge >= 0.3 is 0 Å². The van der Waals surface area contributed by atoms with Crippen LogP contribution in [-0.2, 0) is 0 Å². The quantitative estimate of drug-likeness (QED) is 0.730. The van der Waals surface area contributed by atoms with Gasteiger partial charge in [-0.2, -0.15) is 0 Å². The fourth-order valence-electron chi connectivity index (χ4n) is 3.51. The van der Waals surface area contributed by atoms with Crippen molar-refractivity contribution in [2.45, 2.75) is 6.10 Å². The summed E-state index contributed by atoms with van der Waals surface area (Å²) in [5, 5.41) is 11.4. The number of aliphatic hydroxyl groups is 1. The maximum absolute atomic E-state index is 10.4. The van der Waals surface area contributed by atoms with Crippen LogP contribution in [0.2, 0.25) is 0 Å². The van der Waals surface area contributed by atoms with Crippen LogP contribution < -0.4 is 9.64 Å². The highest BCUT2D eigenvalue weighted by atomic mass is 16.5. The van der Waals surface area contributed by atoms with Crippen molar-refractivity contribution >= 4 is 16.6 Å². The Labute approximate surface area is 159 Å². The van der Waals surface area contributed by atoms with Crippen molar-refractivity contribution in [3.63, 3.8) is 0 Å². The van der Waals surface area contributed by atoms with Gasteiger partial charge in [0.05, 0.1) is 5.52 Å².